The molecule has 3 amide bonds. The number of hydrogen-bond acceptors (Lipinski definition) is 6. The molecule has 0 saturated heterocycles. The first-order valence-corrected chi connectivity index (χ1v) is 10.7. The first-order chi connectivity index (χ1) is 15.2. The molecule has 0 aliphatic rings. The van der Waals surface area contributed by atoms with Crippen molar-refractivity contribution in [3.63, 3.8) is 0 Å². The summed E-state index contributed by atoms with van der Waals surface area (Å²) in [4.78, 5) is 40.4. The zero-order valence-corrected chi connectivity index (χ0v) is 19.7. The Morgan fingerprint density at radius 1 is 0.938 bits per heavy atom. The Morgan fingerprint density at radius 2 is 1.62 bits per heavy atom. The molecule has 0 radical (unpaired) electrons. The van der Waals surface area contributed by atoms with Gasteiger partial charge in [-0.2, -0.15) is 0 Å². The molecule has 32 heavy (non-hydrogen) atoms. The van der Waals surface area contributed by atoms with Gasteiger partial charge in [0.15, 0.2) is 0 Å². The van der Waals surface area contributed by atoms with E-state index in [1.165, 1.54) is 11.8 Å². The normalized spacial score (nSPS) is 10.8. The summed E-state index contributed by atoms with van der Waals surface area (Å²) in [6, 6.07) is 10.4. The zero-order chi connectivity index (χ0) is 23.7. The molecule has 0 heterocycles. The Kier molecular flexibility index (Phi) is 9.63. The van der Waals surface area contributed by atoms with Gasteiger partial charge in [-0.15, -0.1) is 4.99 Å². The maximum atomic E-state index is 11.9. The van der Waals surface area contributed by atoms with Crippen molar-refractivity contribution >= 4 is 70.4 Å². The molecule has 0 saturated carbocycles. The van der Waals surface area contributed by atoms with E-state index in [0.717, 1.165) is 24.0 Å². The molecule has 0 fully saturated rings. The summed E-state index contributed by atoms with van der Waals surface area (Å²) in [6.45, 7) is 1.71. The highest BCUT2D eigenvalue weighted by molar-refractivity contribution is 7.99. The van der Waals surface area contributed by atoms with Crippen LogP contribution in [0, 0.1) is 0 Å². The molecular weight excluding hydrogens is 479 g/mol. The first kappa shape index (κ1) is 25.3. The summed E-state index contributed by atoms with van der Waals surface area (Å²) >= 11 is 13.4. The van der Waals surface area contributed by atoms with Gasteiger partial charge < -0.3 is 20.1 Å². The van der Waals surface area contributed by atoms with Crippen molar-refractivity contribution in [1.82, 2.24) is 5.32 Å². The first-order valence-electron chi connectivity index (χ1n) is 9.11. The number of anilines is 2. The average molecular weight is 499 g/mol. The summed E-state index contributed by atoms with van der Waals surface area (Å²) < 4.78 is 9.06. The van der Waals surface area contributed by atoms with Gasteiger partial charge in [0.1, 0.15) is 0 Å². The fourth-order valence-corrected chi connectivity index (χ4v) is 3.47. The summed E-state index contributed by atoms with van der Waals surface area (Å²) in [5, 5.41) is 8.69. The Hall–Kier alpha value is -2.95. The number of carbonyl (C=O) groups is 3. The number of amides is 3. The third-order valence-electron chi connectivity index (χ3n) is 3.75. The van der Waals surface area contributed by atoms with Gasteiger partial charge in [-0.25, -0.2) is 9.59 Å². The molecule has 0 atom stereocenters. The van der Waals surface area contributed by atoms with Crippen LogP contribution in [0.4, 0.5) is 21.0 Å². The lowest BCUT2D eigenvalue weighted by atomic mass is 10.2. The molecule has 0 spiro atoms. The number of halogens is 2. The van der Waals surface area contributed by atoms with E-state index in [2.05, 4.69) is 30.4 Å². The molecule has 0 aromatic heterocycles. The molecule has 2 rings (SSSR count). The fourth-order valence-electron chi connectivity index (χ4n) is 2.21. The van der Waals surface area contributed by atoms with Gasteiger partial charge in [0, 0.05) is 16.2 Å². The smallest absolute Gasteiger partial charge is 0.436 e. The molecule has 0 aliphatic carbocycles. The molecule has 2 aromatic rings. The van der Waals surface area contributed by atoms with Gasteiger partial charge in [0.25, 0.3) is 0 Å². The molecule has 170 valence electrons. The SMILES string of the molecule is CCC(=O)Nc1ccc(Sc2ccc(Cl)c(Cl)c2)cc1NC(=NC(=O)OC)NC(=O)OC. The molecule has 3 N–H and O–H groups in total. The minimum atomic E-state index is -0.954. The van der Waals surface area contributed by atoms with Crippen LogP contribution in [0.25, 0.3) is 0 Å². The van der Waals surface area contributed by atoms with Crippen LogP contribution in [0.3, 0.4) is 0 Å². The van der Waals surface area contributed by atoms with Crippen molar-refractivity contribution in [3.8, 4) is 0 Å². The quantitative estimate of drug-likeness (QED) is 0.373. The molecule has 9 nitrogen and oxygen atoms in total. The van der Waals surface area contributed by atoms with E-state index in [9.17, 15) is 14.4 Å². The van der Waals surface area contributed by atoms with E-state index in [1.54, 1.807) is 37.3 Å². The van der Waals surface area contributed by atoms with Crippen LogP contribution in [0.15, 0.2) is 51.2 Å². The molecule has 0 bridgehead atoms. The number of methoxy groups -OCH3 is 2. The molecule has 2 aromatic carbocycles. The molecule has 0 aliphatic heterocycles. The lowest BCUT2D eigenvalue weighted by Crippen LogP contribution is -2.36. The number of aliphatic imine (C=N–C) groups is 1. The number of ether oxygens (including phenoxy) is 2. The number of hydrogen-bond donors (Lipinski definition) is 3. The predicted octanol–water partition coefficient (Wildman–Crippen LogP) is 5.38. The van der Waals surface area contributed by atoms with E-state index in [4.69, 9.17) is 23.2 Å². The monoisotopic (exact) mass is 498 g/mol. The van der Waals surface area contributed by atoms with E-state index in [0.29, 0.717) is 21.4 Å². The predicted molar refractivity (Wildman–Crippen MR) is 125 cm³/mol. The Labute approximate surface area is 198 Å². The molecule has 12 heteroatoms. The van der Waals surface area contributed by atoms with Gasteiger partial charge >= 0.3 is 12.2 Å². The second-order valence-electron chi connectivity index (χ2n) is 5.96. The van der Waals surface area contributed by atoms with Crippen LogP contribution in [-0.2, 0) is 14.3 Å². The van der Waals surface area contributed by atoms with Crippen molar-refractivity contribution < 1.29 is 23.9 Å². The number of rotatable bonds is 5. The summed E-state index contributed by atoms with van der Waals surface area (Å²) in [5.41, 5.74) is 0.760. The summed E-state index contributed by atoms with van der Waals surface area (Å²) in [7, 11) is 2.30. The summed E-state index contributed by atoms with van der Waals surface area (Å²) in [6.07, 6.45) is -1.56. The number of benzene rings is 2. The third kappa shape index (κ3) is 7.63. The van der Waals surface area contributed by atoms with E-state index >= 15 is 0 Å². The number of guanidine groups is 1. The third-order valence-corrected chi connectivity index (χ3v) is 5.47. The summed E-state index contributed by atoms with van der Waals surface area (Å²) in [5.74, 6) is -0.488. The molecular formula is C20H20Cl2N4O5S. The zero-order valence-electron chi connectivity index (χ0n) is 17.3. The topological polar surface area (TPSA) is 118 Å². The van der Waals surface area contributed by atoms with Crippen LogP contribution in [-0.4, -0.2) is 38.3 Å². The Bertz CT molecular complexity index is 1050. The van der Waals surface area contributed by atoms with Crippen molar-refractivity contribution in [2.75, 3.05) is 24.9 Å². The van der Waals surface area contributed by atoms with Gasteiger partial charge in [0.2, 0.25) is 11.9 Å². The number of alkyl carbamates (subject to hydrolysis) is 1. The standard InChI is InChI=1S/C20H20Cl2N4O5S/c1-4-17(27)23-15-8-6-12(32-11-5-7-13(21)14(22)9-11)10-16(15)24-18(25-19(28)30-2)26-20(29)31-3/h5-10H,4H2,1-3H3,(H,23,27)(H2,24,25,26,28,29). The van der Waals surface area contributed by atoms with Gasteiger partial charge in [-0.3, -0.25) is 10.1 Å². The fraction of sp³-hybridized carbons (Fsp3) is 0.200. The van der Waals surface area contributed by atoms with Crippen LogP contribution < -0.4 is 16.0 Å². The maximum Gasteiger partial charge on any atom is 0.436 e. The van der Waals surface area contributed by atoms with E-state index < -0.39 is 12.2 Å². The lowest BCUT2D eigenvalue weighted by Gasteiger charge is -2.16. The van der Waals surface area contributed by atoms with Gasteiger partial charge in [-0.1, -0.05) is 41.9 Å². The number of nitrogens with one attached hydrogen (secondary N) is 3. The van der Waals surface area contributed by atoms with Crippen LogP contribution in [0.5, 0.6) is 0 Å². The highest BCUT2D eigenvalue weighted by Gasteiger charge is 2.14. The van der Waals surface area contributed by atoms with Crippen LogP contribution in [0.1, 0.15) is 13.3 Å². The number of carbonyl (C=O) groups excluding carboxylic acids is 3. The van der Waals surface area contributed by atoms with Gasteiger partial charge in [0.05, 0.1) is 35.6 Å². The van der Waals surface area contributed by atoms with E-state index in [1.807, 2.05) is 6.07 Å². The second-order valence-corrected chi connectivity index (χ2v) is 7.92. The Morgan fingerprint density at radius 3 is 2.25 bits per heavy atom. The van der Waals surface area contributed by atoms with Crippen LogP contribution >= 0.6 is 35.0 Å². The Balaban J connectivity index is 2.41. The number of nitrogens with zero attached hydrogens (tertiary/aromatic N) is 1. The highest BCUT2D eigenvalue weighted by Crippen LogP contribution is 2.35. The van der Waals surface area contributed by atoms with Crippen molar-refractivity contribution in [2.24, 2.45) is 4.99 Å². The average Bonchev–Trinajstić information content (AvgIpc) is 2.77. The van der Waals surface area contributed by atoms with Crippen LogP contribution in [0.2, 0.25) is 10.0 Å². The van der Waals surface area contributed by atoms with E-state index in [-0.39, 0.29) is 18.3 Å². The minimum Gasteiger partial charge on any atom is -0.453 e. The minimum absolute atomic E-state index is 0.231. The molecule has 0 unspecified atom stereocenters. The van der Waals surface area contributed by atoms with Crippen molar-refractivity contribution in [2.45, 2.75) is 23.1 Å². The maximum absolute atomic E-state index is 11.9. The van der Waals surface area contributed by atoms with Crippen molar-refractivity contribution in [1.29, 1.82) is 0 Å². The second kappa shape index (κ2) is 12.2. The highest BCUT2D eigenvalue weighted by atomic mass is 35.5. The van der Waals surface area contributed by atoms with Crippen molar-refractivity contribution in [3.05, 3.63) is 46.4 Å². The van der Waals surface area contributed by atoms with Gasteiger partial charge in [-0.05, 0) is 36.4 Å². The largest absolute Gasteiger partial charge is 0.453 e. The lowest BCUT2D eigenvalue weighted by molar-refractivity contribution is -0.115.